The van der Waals surface area contributed by atoms with Crippen LogP contribution in [0, 0.1) is 21.4 Å². The molecule has 0 saturated carbocycles. The van der Waals surface area contributed by atoms with Gasteiger partial charge in [0.2, 0.25) is 0 Å². The molecule has 1 amide bonds. The number of nitro benzene ring substituents is 1. The van der Waals surface area contributed by atoms with Gasteiger partial charge in [0.15, 0.2) is 5.13 Å². The number of hydrogen-bond donors (Lipinski definition) is 1. The summed E-state index contributed by atoms with van der Waals surface area (Å²) in [4.78, 5) is 26.8. The van der Waals surface area contributed by atoms with Gasteiger partial charge in [-0.15, -0.1) is 11.3 Å². The number of hydrogen-bond acceptors (Lipinski definition) is 6. The molecule has 7 nitrogen and oxygen atoms in total. The molecule has 0 aliphatic rings. The van der Waals surface area contributed by atoms with Crippen molar-refractivity contribution in [3.63, 3.8) is 0 Å². The maximum Gasteiger partial charge on any atom is 0.269 e. The van der Waals surface area contributed by atoms with Crippen LogP contribution in [0.1, 0.15) is 5.56 Å². The molecule has 2 aromatic carbocycles. The lowest BCUT2D eigenvalue weighted by Crippen LogP contribution is -2.13. The SMILES string of the molecule is N#C/C(=C\c1ccccc1)C(=O)Nc1nc(-c2ccc([N+](=O)[O-])cc2)cs1. The zero-order chi connectivity index (χ0) is 19.2. The Bertz CT molecular complexity index is 1050. The van der Waals surface area contributed by atoms with Crippen molar-refractivity contribution in [2.24, 2.45) is 0 Å². The molecule has 0 atom stereocenters. The van der Waals surface area contributed by atoms with Gasteiger partial charge in [0.05, 0.1) is 10.6 Å². The second-order valence-electron chi connectivity index (χ2n) is 5.38. The monoisotopic (exact) mass is 376 g/mol. The molecule has 3 aromatic rings. The zero-order valence-electron chi connectivity index (χ0n) is 13.8. The fraction of sp³-hybridized carbons (Fsp3) is 0. The van der Waals surface area contributed by atoms with Gasteiger partial charge in [-0.1, -0.05) is 30.3 Å². The average Bonchev–Trinajstić information content (AvgIpc) is 3.15. The van der Waals surface area contributed by atoms with Gasteiger partial charge >= 0.3 is 0 Å². The van der Waals surface area contributed by atoms with Crippen LogP contribution in [-0.4, -0.2) is 15.8 Å². The minimum absolute atomic E-state index is 0.00721. The Balaban J connectivity index is 1.75. The molecule has 0 radical (unpaired) electrons. The summed E-state index contributed by atoms with van der Waals surface area (Å²) >= 11 is 1.20. The van der Waals surface area contributed by atoms with E-state index < -0.39 is 10.8 Å². The number of anilines is 1. The summed E-state index contributed by atoms with van der Waals surface area (Å²) < 4.78 is 0. The quantitative estimate of drug-likeness (QED) is 0.310. The smallest absolute Gasteiger partial charge is 0.269 e. The molecule has 0 aliphatic heterocycles. The van der Waals surface area contributed by atoms with Gasteiger partial charge in [-0.25, -0.2) is 4.98 Å². The number of nitriles is 1. The molecule has 0 bridgehead atoms. The third-order valence-electron chi connectivity index (χ3n) is 3.57. The third kappa shape index (κ3) is 4.42. The number of non-ortho nitro benzene ring substituents is 1. The van der Waals surface area contributed by atoms with Crippen molar-refractivity contribution >= 4 is 34.1 Å². The molecule has 27 heavy (non-hydrogen) atoms. The second-order valence-corrected chi connectivity index (χ2v) is 6.23. The number of rotatable bonds is 5. The Morgan fingerprint density at radius 1 is 1.19 bits per heavy atom. The lowest BCUT2D eigenvalue weighted by molar-refractivity contribution is -0.384. The number of nitrogens with zero attached hydrogens (tertiary/aromatic N) is 3. The van der Waals surface area contributed by atoms with E-state index in [1.165, 1.54) is 29.5 Å². The van der Waals surface area contributed by atoms with Crippen molar-refractivity contribution in [3.8, 4) is 17.3 Å². The van der Waals surface area contributed by atoms with Gasteiger partial charge in [0.1, 0.15) is 11.6 Å². The Kier molecular flexibility index (Phi) is 5.35. The summed E-state index contributed by atoms with van der Waals surface area (Å²) in [5.74, 6) is -0.550. The highest BCUT2D eigenvalue weighted by atomic mass is 32.1. The summed E-state index contributed by atoms with van der Waals surface area (Å²) in [5.41, 5.74) is 1.98. The molecule has 0 saturated heterocycles. The van der Waals surface area contributed by atoms with Gasteiger partial charge in [0, 0.05) is 23.1 Å². The molecule has 3 rings (SSSR count). The van der Waals surface area contributed by atoms with Crippen LogP contribution in [0.25, 0.3) is 17.3 Å². The van der Waals surface area contributed by atoms with E-state index in [9.17, 15) is 20.2 Å². The number of amides is 1. The van der Waals surface area contributed by atoms with Crippen molar-refractivity contribution in [2.45, 2.75) is 0 Å². The third-order valence-corrected chi connectivity index (χ3v) is 4.33. The summed E-state index contributed by atoms with van der Waals surface area (Å²) in [6.45, 7) is 0. The Labute approximate surface area is 158 Å². The highest BCUT2D eigenvalue weighted by Crippen LogP contribution is 2.26. The van der Waals surface area contributed by atoms with Crippen LogP contribution in [0.3, 0.4) is 0 Å². The van der Waals surface area contributed by atoms with Crippen molar-refractivity contribution < 1.29 is 9.72 Å². The van der Waals surface area contributed by atoms with Crippen LogP contribution in [0.2, 0.25) is 0 Å². The highest BCUT2D eigenvalue weighted by Gasteiger charge is 2.13. The molecule has 1 heterocycles. The number of carbonyl (C=O) groups excluding carboxylic acids is 1. The van der Waals surface area contributed by atoms with Crippen LogP contribution < -0.4 is 5.32 Å². The average molecular weight is 376 g/mol. The summed E-state index contributed by atoms with van der Waals surface area (Å²) in [5, 5.41) is 24.6. The number of aromatic nitrogens is 1. The van der Waals surface area contributed by atoms with E-state index in [0.29, 0.717) is 16.4 Å². The van der Waals surface area contributed by atoms with E-state index in [-0.39, 0.29) is 11.3 Å². The van der Waals surface area contributed by atoms with Crippen LogP contribution in [0.15, 0.2) is 65.6 Å². The molecule has 0 unspecified atom stereocenters. The van der Waals surface area contributed by atoms with Gasteiger partial charge in [-0.2, -0.15) is 5.26 Å². The standard InChI is InChI=1S/C19H12N4O3S/c20-11-15(10-13-4-2-1-3-5-13)18(24)22-19-21-17(12-27-19)14-6-8-16(9-7-14)23(25)26/h1-10,12H,(H,21,22,24)/b15-10+. The summed E-state index contributed by atoms with van der Waals surface area (Å²) in [7, 11) is 0. The predicted molar refractivity (Wildman–Crippen MR) is 103 cm³/mol. The first-order valence-electron chi connectivity index (χ1n) is 7.75. The highest BCUT2D eigenvalue weighted by molar-refractivity contribution is 7.14. The molecule has 0 fully saturated rings. The van der Waals surface area contributed by atoms with Crippen LogP contribution >= 0.6 is 11.3 Å². The van der Waals surface area contributed by atoms with Gasteiger partial charge in [-0.05, 0) is 23.8 Å². The van der Waals surface area contributed by atoms with E-state index in [1.807, 2.05) is 24.3 Å². The lowest BCUT2D eigenvalue weighted by Gasteiger charge is -2.00. The van der Waals surface area contributed by atoms with Crippen LogP contribution in [0.4, 0.5) is 10.8 Å². The van der Waals surface area contributed by atoms with Gasteiger partial charge in [-0.3, -0.25) is 20.2 Å². The summed E-state index contributed by atoms with van der Waals surface area (Å²) in [6.07, 6.45) is 1.50. The van der Waals surface area contributed by atoms with Gasteiger partial charge in [0.25, 0.3) is 11.6 Å². The predicted octanol–water partition coefficient (Wildman–Crippen LogP) is 4.26. The van der Waals surface area contributed by atoms with E-state index in [4.69, 9.17) is 0 Å². The number of nitrogens with one attached hydrogen (secondary N) is 1. The molecule has 1 N–H and O–H groups in total. The Hall–Kier alpha value is -3.83. The molecule has 0 aliphatic carbocycles. The first kappa shape index (κ1) is 18.0. The summed E-state index contributed by atoms with van der Waals surface area (Å²) in [6, 6.07) is 16.9. The first-order chi connectivity index (χ1) is 13.1. The van der Waals surface area contributed by atoms with Crippen LogP contribution in [-0.2, 0) is 4.79 Å². The second kappa shape index (κ2) is 8.03. The molecule has 0 spiro atoms. The lowest BCUT2D eigenvalue weighted by atomic mass is 10.1. The minimum Gasteiger partial charge on any atom is -0.297 e. The largest absolute Gasteiger partial charge is 0.297 e. The molecule has 8 heteroatoms. The van der Waals surface area contributed by atoms with Gasteiger partial charge < -0.3 is 0 Å². The maximum absolute atomic E-state index is 12.3. The van der Waals surface area contributed by atoms with E-state index in [1.54, 1.807) is 29.6 Å². The van der Waals surface area contributed by atoms with E-state index >= 15 is 0 Å². The number of nitro groups is 1. The Morgan fingerprint density at radius 3 is 2.52 bits per heavy atom. The van der Waals surface area contributed by atoms with Crippen molar-refractivity contribution in [1.82, 2.24) is 4.98 Å². The van der Waals surface area contributed by atoms with Crippen molar-refractivity contribution in [3.05, 3.63) is 81.2 Å². The minimum atomic E-state index is -0.550. The fourth-order valence-electron chi connectivity index (χ4n) is 2.25. The van der Waals surface area contributed by atoms with E-state index in [2.05, 4.69) is 10.3 Å². The van der Waals surface area contributed by atoms with E-state index in [0.717, 1.165) is 5.56 Å². The first-order valence-corrected chi connectivity index (χ1v) is 8.63. The number of thiazole rings is 1. The zero-order valence-corrected chi connectivity index (χ0v) is 14.6. The number of benzene rings is 2. The Morgan fingerprint density at radius 2 is 1.89 bits per heavy atom. The fourth-order valence-corrected chi connectivity index (χ4v) is 2.96. The molecule has 132 valence electrons. The molecule has 1 aromatic heterocycles. The van der Waals surface area contributed by atoms with Crippen molar-refractivity contribution in [1.29, 1.82) is 5.26 Å². The normalized spacial score (nSPS) is 10.9. The maximum atomic E-state index is 12.3. The van der Waals surface area contributed by atoms with Crippen LogP contribution in [0.5, 0.6) is 0 Å². The number of carbonyl (C=O) groups is 1. The van der Waals surface area contributed by atoms with Crippen molar-refractivity contribution in [2.75, 3.05) is 5.32 Å². The molecular formula is C19H12N4O3S. The molecular weight excluding hydrogens is 364 g/mol. The topological polar surface area (TPSA) is 109 Å².